The highest BCUT2D eigenvalue weighted by Crippen LogP contribution is 2.36. The lowest BCUT2D eigenvalue weighted by molar-refractivity contribution is 0.00728. The molecule has 1 saturated heterocycles. The maximum Gasteiger partial charge on any atom is 0.410 e. The third kappa shape index (κ3) is 5.97. The number of aliphatic hydroxyl groups excluding tert-OH is 1. The number of hydrogen-bond acceptors (Lipinski definition) is 4. The molecule has 0 bridgehead atoms. The van der Waals surface area contributed by atoms with Crippen LogP contribution in [0.2, 0.25) is 0 Å². The molecule has 1 atom stereocenters. The summed E-state index contributed by atoms with van der Waals surface area (Å²) in [6.07, 6.45) is 0.556. The van der Waals surface area contributed by atoms with E-state index in [0.29, 0.717) is 25.4 Å². The Morgan fingerprint density at radius 1 is 1.07 bits per heavy atom. The van der Waals surface area contributed by atoms with Gasteiger partial charge >= 0.3 is 6.09 Å². The van der Waals surface area contributed by atoms with Crippen molar-refractivity contribution in [2.75, 3.05) is 13.1 Å². The van der Waals surface area contributed by atoms with Crippen molar-refractivity contribution in [3.05, 3.63) is 65.7 Å². The first-order valence-corrected chi connectivity index (χ1v) is 10.2. The highest BCUT2D eigenvalue weighted by molar-refractivity contribution is 5.68. The lowest BCUT2D eigenvalue weighted by Gasteiger charge is -2.35. The average molecular weight is 398 g/mol. The van der Waals surface area contributed by atoms with Crippen molar-refractivity contribution in [1.82, 2.24) is 4.90 Å². The first-order valence-electron chi connectivity index (χ1n) is 10.2. The monoisotopic (exact) mass is 397 g/mol. The number of carbonyl (C=O) groups is 1. The minimum Gasteiger partial charge on any atom is -0.489 e. The van der Waals surface area contributed by atoms with Gasteiger partial charge in [-0.05, 0) is 51.2 Å². The van der Waals surface area contributed by atoms with Gasteiger partial charge in [0, 0.05) is 18.7 Å². The van der Waals surface area contributed by atoms with E-state index in [9.17, 15) is 9.90 Å². The molecule has 1 heterocycles. The van der Waals surface area contributed by atoms with Gasteiger partial charge in [0.2, 0.25) is 0 Å². The van der Waals surface area contributed by atoms with E-state index in [1.165, 1.54) is 0 Å². The zero-order chi connectivity index (χ0) is 20.9. The van der Waals surface area contributed by atoms with E-state index in [1.807, 2.05) is 75.4 Å². The van der Waals surface area contributed by atoms with Crippen LogP contribution in [0.15, 0.2) is 54.6 Å². The lowest BCUT2D eigenvalue weighted by Crippen LogP contribution is -2.42. The molecule has 2 aromatic rings. The van der Waals surface area contributed by atoms with Crippen molar-refractivity contribution in [2.45, 2.75) is 51.9 Å². The number of aliphatic hydroxyl groups is 1. The summed E-state index contributed by atoms with van der Waals surface area (Å²) in [5.74, 6) is 0.786. The fourth-order valence-electron chi connectivity index (χ4n) is 3.57. The summed E-state index contributed by atoms with van der Waals surface area (Å²) in [7, 11) is 0. The van der Waals surface area contributed by atoms with Gasteiger partial charge in [-0.2, -0.15) is 0 Å². The number of hydrogen-bond donors (Lipinski definition) is 1. The van der Waals surface area contributed by atoms with E-state index in [4.69, 9.17) is 9.47 Å². The molecule has 0 saturated carbocycles. The molecule has 156 valence electrons. The third-order valence-electron chi connectivity index (χ3n) is 5.11. The fourth-order valence-corrected chi connectivity index (χ4v) is 3.57. The highest BCUT2D eigenvalue weighted by atomic mass is 16.6. The molecule has 1 aliphatic heterocycles. The van der Waals surface area contributed by atoms with Crippen molar-refractivity contribution in [3.63, 3.8) is 0 Å². The van der Waals surface area contributed by atoms with E-state index in [1.54, 1.807) is 4.90 Å². The van der Waals surface area contributed by atoms with Gasteiger partial charge in [0.1, 0.15) is 18.0 Å². The molecule has 0 radical (unpaired) electrons. The fraction of sp³-hybridized carbons (Fsp3) is 0.458. The van der Waals surface area contributed by atoms with Crippen molar-refractivity contribution < 1.29 is 19.4 Å². The Balaban J connectivity index is 1.60. The molecule has 1 amide bonds. The Labute approximate surface area is 173 Å². The second-order valence-corrected chi connectivity index (χ2v) is 8.56. The summed E-state index contributed by atoms with van der Waals surface area (Å²) in [5, 5.41) is 11.0. The van der Waals surface area contributed by atoms with Crippen LogP contribution in [0, 0.1) is 5.92 Å². The van der Waals surface area contributed by atoms with Crippen LogP contribution in [0.4, 0.5) is 4.79 Å². The van der Waals surface area contributed by atoms with E-state index >= 15 is 0 Å². The first kappa shape index (κ1) is 21.2. The number of para-hydroxylation sites is 1. The molecule has 1 unspecified atom stereocenters. The largest absolute Gasteiger partial charge is 0.489 e. The molecule has 0 aliphatic carbocycles. The Hall–Kier alpha value is -2.53. The highest BCUT2D eigenvalue weighted by Gasteiger charge is 2.31. The van der Waals surface area contributed by atoms with Crippen LogP contribution >= 0.6 is 0 Å². The molecule has 0 spiro atoms. The number of amides is 1. The smallest absolute Gasteiger partial charge is 0.410 e. The van der Waals surface area contributed by atoms with Crippen molar-refractivity contribution in [1.29, 1.82) is 0 Å². The Bertz CT molecular complexity index is 792. The zero-order valence-electron chi connectivity index (χ0n) is 17.5. The van der Waals surface area contributed by atoms with Gasteiger partial charge < -0.3 is 19.5 Å². The number of carbonyl (C=O) groups excluding carboxylic acids is 1. The predicted octanol–water partition coefficient (Wildman–Crippen LogP) is 4.95. The Kier molecular flexibility index (Phi) is 6.80. The number of piperidine rings is 1. The summed E-state index contributed by atoms with van der Waals surface area (Å²) in [6, 6.07) is 17.6. The Morgan fingerprint density at radius 2 is 1.69 bits per heavy atom. The van der Waals surface area contributed by atoms with Crippen LogP contribution < -0.4 is 4.74 Å². The lowest BCUT2D eigenvalue weighted by atomic mass is 9.87. The average Bonchev–Trinajstić information content (AvgIpc) is 2.71. The number of rotatable bonds is 5. The van der Waals surface area contributed by atoms with Crippen LogP contribution in [-0.2, 0) is 11.3 Å². The quantitative estimate of drug-likeness (QED) is 0.776. The summed E-state index contributed by atoms with van der Waals surface area (Å²) in [4.78, 5) is 14.0. The molecular weight excluding hydrogens is 366 g/mol. The second kappa shape index (κ2) is 9.31. The Morgan fingerprint density at radius 3 is 2.34 bits per heavy atom. The number of likely N-dealkylation sites (tertiary alicyclic amines) is 1. The molecule has 5 heteroatoms. The van der Waals surface area contributed by atoms with Gasteiger partial charge in [-0.25, -0.2) is 4.79 Å². The number of benzene rings is 2. The van der Waals surface area contributed by atoms with Crippen LogP contribution in [0.25, 0.3) is 0 Å². The summed E-state index contributed by atoms with van der Waals surface area (Å²) in [5.41, 5.74) is 1.39. The molecule has 1 aliphatic rings. The molecular formula is C24H31NO4. The summed E-state index contributed by atoms with van der Waals surface area (Å²) in [6.45, 7) is 7.24. The molecule has 1 N–H and O–H groups in total. The van der Waals surface area contributed by atoms with Gasteiger partial charge in [0.05, 0.1) is 6.10 Å². The maximum absolute atomic E-state index is 12.3. The van der Waals surface area contributed by atoms with E-state index < -0.39 is 11.7 Å². The maximum atomic E-state index is 12.3. The second-order valence-electron chi connectivity index (χ2n) is 8.56. The van der Waals surface area contributed by atoms with Crippen LogP contribution in [0.5, 0.6) is 5.75 Å². The third-order valence-corrected chi connectivity index (χ3v) is 5.11. The van der Waals surface area contributed by atoms with Crippen molar-refractivity contribution >= 4 is 6.09 Å². The number of nitrogens with zero attached hydrogens (tertiary/aromatic N) is 1. The van der Waals surface area contributed by atoms with Crippen LogP contribution in [0.3, 0.4) is 0 Å². The number of ether oxygens (including phenoxy) is 2. The van der Waals surface area contributed by atoms with Crippen molar-refractivity contribution in [2.24, 2.45) is 5.92 Å². The zero-order valence-corrected chi connectivity index (χ0v) is 17.5. The normalized spacial score (nSPS) is 16.3. The molecule has 0 aromatic heterocycles. The van der Waals surface area contributed by atoms with Crippen LogP contribution in [-0.4, -0.2) is 34.8 Å². The predicted molar refractivity (Wildman–Crippen MR) is 113 cm³/mol. The SMILES string of the molecule is CC(C)(C)OC(=O)N1CCC(C(O)c2ccccc2OCc2ccccc2)CC1. The summed E-state index contributed by atoms with van der Waals surface area (Å²) >= 11 is 0. The van der Waals surface area contributed by atoms with E-state index in [2.05, 4.69) is 0 Å². The molecule has 2 aromatic carbocycles. The van der Waals surface area contributed by atoms with Gasteiger partial charge in [-0.1, -0.05) is 48.5 Å². The minimum atomic E-state index is -0.622. The minimum absolute atomic E-state index is 0.0789. The van der Waals surface area contributed by atoms with Crippen molar-refractivity contribution in [3.8, 4) is 5.75 Å². The molecule has 29 heavy (non-hydrogen) atoms. The topological polar surface area (TPSA) is 59.0 Å². The molecule has 5 nitrogen and oxygen atoms in total. The van der Waals surface area contributed by atoms with E-state index in [-0.39, 0.29) is 12.0 Å². The van der Waals surface area contributed by atoms with Crippen LogP contribution in [0.1, 0.15) is 50.8 Å². The van der Waals surface area contributed by atoms with E-state index in [0.717, 1.165) is 24.0 Å². The summed E-state index contributed by atoms with van der Waals surface area (Å²) < 4.78 is 11.5. The molecule has 3 rings (SSSR count). The molecule has 1 fully saturated rings. The van der Waals surface area contributed by atoms with Gasteiger partial charge in [-0.15, -0.1) is 0 Å². The van der Waals surface area contributed by atoms with Gasteiger partial charge in [-0.3, -0.25) is 0 Å². The van der Waals surface area contributed by atoms with Gasteiger partial charge in [0.25, 0.3) is 0 Å². The standard InChI is InChI=1S/C24H31NO4/c1-24(2,3)29-23(27)25-15-13-19(14-16-25)22(26)20-11-7-8-12-21(20)28-17-18-9-5-4-6-10-18/h4-12,19,22,26H,13-17H2,1-3H3. The van der Waals surface area contributed by atoms with Gasteiger partial charge in [0.15, 0.2) is 0 Å². The first-order chi connectivity index (χ1) is 13.8.